The van der Waals surface area contributed by atoms with Crippen LogP contribution in [0, 0.1) is 0 Å². The van der Waals surface area contributed by atoms with Gasteiger partial charge in [-0.25, -0.2) is 9.48 Å². The van der Waals surface area contributed by atoms with Gasteiger partial charge in [-0.1, -0.05) is 0 Å². The molecule has 9 heteroatoms. The number of guanidine groups is 1. The lowest BCUT2D eigenvalue weighted by Gasteiger charge is -2.10. The minimum absolute atomic E-state index is 0. The molecule has 0 fully saturated rings. The zero-order chi connectivity index (χ0) is 18.2. The molecule has 1 aliphatic heterocycles. The third-order valence-electron chi connectivity index (χ3n) is 4.42. The van der Waals surface area contributed by atoms with Gasteiger partial charge in [-0.05, 0) is 38.3 Å². The molecular weight excluding hydrogens is 459 g/mol. The lowest BCUT2D eigenvalue weighted by molar-refractivity contribution is 0.506. The van der Waals surface area contributed by atoms with Gasteiger partial charge in [0.05, 0.1) is 6.26 Å². The van der Waals surface area contributed by atoms with Crippen molar-refractivity contribution in [3.05, 3.63) is 40.5 Å². The largest absolute Gasteiger partial charge is 0.469 e. The molecule has 0 saturated carbocycles. The highest BCUT2D eigenvalue weighted by Crippen LogP contribution is 2.09. The zero-order valence-electron chi connectivity index (χ0n) is 15.8. The average Bonchev–Trinajstić information content (AvgIpc) is 3.27. The minimum Gasteiger partial charge on any atom is -0.469 e. The van der Waals surface area contributed by atoms with Crippen molar-refractivity contribution in [1.82, 2.24) is 25.0 Å². The number of hydrogen-bond acceptors (Lipinski definition) is 4. The van der Waals surface area contributed by atoms with Crippen LogP contribution in [0.25, 0.3) is 0 Å². The maximum Gasteiger partial charge on any atom is 0.345 e. The monoisotopic (exact) mass is 488 g/mol. The fourth-order valence-corrected chi connectivity index (χ4v) is 3.11. The van der Waals surface area contributed by atoms with Gasteiger partial charge in [0.1, 0.15) is 11.6 Å². The fourth-order valence-electron chi connectivity index (χ4n) is 3.11. The number of fused-ring (bicyclic) bond motifs is 1. The predicted octanol–water partition coefficient (Wildman–Crippen LogP) is 1.78. The molecule has 0 saturated heterocycles. The van der Waals surface area contributed by atoms with Crippen LogP contribution < -0.4 is 16.3 Å². The molecule has 3 heterocycles. The van der Waals surface area contributed by atoms with E-state index in [1.807, 2.05) is 23.6 Å². The Kier molecular flexibility index (Phi) is 8.89. The Bertz CT molecular complexity index is 765. The lowest BCUT2D eigenvalue weighted by Crippen LogP contribution is -2.38. The molecule has 8 nitrogen and oxygen atoms in total. The summed E-state index contributed by atoms with van der Waals surface area (Å²) in [6, 6.07) is 3.86. The van der Waals surface area contributed by atoms with Crippen molar-refractivity contribution in [2.24, 2.45) is 4.99 Å². The van der Waals surface area contributed by atoms with E-state index in [4.69, 9.17) is 4.42 Å². The van der Waals surface area contributed by atoms with Gasteiger partial charge in [0.2, 0.25) is 0 Å². The average molecular weight is 488 g/mol. The van der Waals surface area contributed by atoms with Crippen molar-refractivity contribution in [2.45, 2.75) is 52.1 Å². The Balaban J connectivity index is 0.00000261. The van der Waals surface area contributed by atoms with Gasteiger partial charge in [0.25, 0.3) is 0 Å². The van der Waals surface area contributed by atoms with E-state index in [2.05, 4.69) is 20.7 Å². The first-order valence-corrected chi connectivity index (χ1v) is 9.49. The molecule has 0 amide bonds. The van der Waals surface area contributed by atoms with Crippen LogP contribution in [0.3, 0.4) is 0 Å². The van der Waals surface area contributed by atoms with E-state index in [0.29, 0.717) is 13.1 Å². The maximum absolute atomic E-state index is 12.3. The van der Waals surface area contributed by atoms with Crippen LogP contribution in [0.4, 0.5) is 0 Å². The number of halogens is 1. The van der Waals surface area contributed by atoms with Gasteiger partial charge >= 0.3 is 5.69 Å². The fraction of sp³-hybridized carbons (Fsp3) is 0.611. The Morgan fingerprint density at radius 1 is 1.37 bits per heavy atom. The highest BCUT2D eigenvalue weighted by molar-refractivity contribution is 14.0. The summed E-state index contributed by atoms with van der Waals surface area (Å²) in [7, 11) is 0. The molecule has 2 aromatic heterocycles. The van der Waals surface area contributed by atoms with Crippen LogP contribution in [0.1, 0.15) is 37.8 Å². The molecule has 27 heavy (non-hydrogen) atoms. The minimum atomic E-state index is 0. The number of nitrogens with zero attached hydrogens (tertiary/aromatic N) is 4. The van der Waals surface area contributed by atoms with E-state index in [-0.39, 0.29) is 29.7 Å². The molecule has 0 aromatic carbocycles. The summed E-state index contributed by atoms with van der Waals surface area (Å²) < 4.78 is 8.73. The van der Waals surface area contributed by atoms with Crippen LogP contribution in [-0.2, 0) is 25.9 Å². The standard InChI is InChI=1S/C18H28N6O2.HI/c1-2-19-17(21-11-9-15-7-5-14-26-15)20-10-6-13-24-18(25)23-12-4-3-8-16(23)22-24;/h5,7,14H,2-4,6,8-13H2,1H3,(H2,19,20,21);1H. The van der Waals surface area contributed by atoms with Gasteiger partial charge < -0.3 is 15.1 Å². The van der Waals surface area contributed by atoms with Crippen LogP contribution in [-0.4, -0.2) is 39.9 Å². The van der Waals surface area contributed by atoms with Gasteiger partial charge in [-0.15, -0.1) is 24.0 Å². The molecule has 1 aliphatic rings. The molecule has 0 atom stereocenters. The van der Waals surface area contributed by atoms with E-state index in [1.165, 1.54) is 0 Å². The zero-order valence-corrected chi connectivity index (χ0v) is 18.1. The molecule has 150 valence electrons. The van der Waals surface area contributed by atoms with E-state index < -0.39 is 0 Å². The molecule has 3 rings (SSSR count). The summed E-state index contributed by atoms with van der Waals surface area (Å²) in [6.07, 6.45) is 6.38. The van der Waals surface area contributed by atoms with Crippen molar-refractivity contribution in [3.63, 3.8) is 0 Å². The number of aliphatic imine (C=N–C) groups is 1. The van der Waals surface area contributed by atoms with E-state index in [1.54, 1.807) is 10.9 Å². The predicted molar refractivity (Wildman–Crippen MR) is 116 cm³/mol. The van der Waals surface area contributed by atoms with Crippen LogP contribution in [0.5, 0.6) is 0 Å². The summed E-state index contributed by atoms with van der Waals surface area (Å²) in [5.74, 6) is 2.67. The molecule has 2 N–H and O–H groups in total. The number of furan rings is 1. The van der Waals surface area contributed by atoms with Crippen molar-refractivity contribution in [3.8, 4) is 0 Å². The Hall–Kier alpha value is -1.78. The highest BCUT2D eigenvalue weighted by Gasteiger charge is 2.16. The second-order valence-electron chi connectivity index (χ2n) is 6.40. The second kappa shape index (κ2) is 11.2. The molecular formula is C18H29IN6O2. The molecule has 2 aromatic rings. The third kappa shape index (κ3) is 6.12. The Morgan fingerprint density at radius 2 is 2.26 bits per heavy atom. The van der Waals surface area contributed by atoms with Crippen molar-refractivity contribution in [2.75, 3.05) is 19.6 Å². The summed E-state index contributed by atoms with van der Waals surface area (Å²) in [5.41, 5.74) is 0.0205. The van der Waals surface area contributed by atoms with Gasteiger partial charge in [-0.3, -0.25) is 9.56 Å². The highest BCUT2D eigenvalue weighted by atomic mass is 127. The smallest absolute Gasteiger partial charge is 0.345 e. The topological polar surface area (TPSA) is 89.4 Å². The second-order valence-corrected chi connectivity index (χ2v) is 6.40. The van der Waals surface area contributed by atoms with Crippen LogP contribution in [0.2, 0.25) is 0 Å². The van der Waals surface area contributed by atoms with E-state index >= 15 is 0 Å². The number of hydrogen-bond donors (Lipinski definition) is 2. The quantitative estimate of drug-likeness (QED) is 0.256. The maximum atomic E-state index is 12.3. The van der Waals surface area contributed by atoms with Gasteiger partial charge in [0.15, 0.2) is 5.96 Å². The first-order chi connectivity index (χ1) is 12.8. The molecule has 0 unspecified atom stereocenters. The van der Waals surface area contributed by atoms with E-state index in [0.717, 1.165) is 69.3 Å². The van der Waals surface area contributed by atoms with Gasteiger partial charge in [0, 0.05) is 45.6 Å². The number of nitrogens with one attached hydrogen (secondary N) is 2. The first-order valence-electron chi connectivity index (χ1n) is 9.49. The summed E-state index contributed by atoms with van der Waals surface area (Å²) >= 11 is 0. The van der Waals surface area contributed by atoms with Gasteiger partial charge in [-0.2, -0.15) is 5.10 Å². The molecule has 0 bridgehead atoms. The Labute approximate surface area is 176 Å². The van der Waals surface area contributed by atoms with E-state index in [9.17, 15) is 4.79 Å². The molecule has 0 spiro atoms. The SMILES string of the molecule is CCNC(=NCCCn1nc2n(c1=O)CCCC2)NCCc1ccco1.I. The number of aryl methyl sites for hydroxylation is 2. The number of aromatic nitrogens is 3. The normalized spacial score (nSPS) is 13.7. The summed E-state index contributed by atoms with van der Waals surface area (Å²) in [6.45, 7) is 5.65. The van der Waals surface area contributed by atoms with Crippen LogP contribution >= 0.6 is 24.0 Å². The van der Waals surface area contributed by atoms with Crippen molar-refractivity contribution < 1.29 is 4.42 Å². The molecule has 0 radical (unpaired) electrons. The summed E-state index contributed by atoms with van der Waals surface area (Å²) in [5, 5.41) is 11.0. The summed E-state index contributed by atoms with van der Waals surface area (Å²) in [4.78, 5) is 16.9. The van der Waals surface area contributed by atoms with Crippen molar-refractivity contribution in [1.29, 1.82) is 0 Å². The number of rotatable bonds is 8. The lowest BCUT2D eigenvalue weighted by atomic mass is 10.2. The third-order valence-corrected chi connectivity index (χ3v) is 4.42. The van der Waals surface area contributed by atoms with Crippen LogP contribution in [0.15, 0.2) is 32.6 Å². The first kappa shape index (κ1) is 21.5. The molecule has 0 aliphatic carbocycles. The Morgan fingerprint density at radius 3 is 3.00 bits per heavy atom. The van der Waals surface area contributed by atoms with Crippen molar-refractivity contribution >= 4 is 29.9 Å².